The van der Waals surface area contributed by atoms with Crippen molar-refractivity contribution in [2.24, 2.45) is 0 Å². The number of hydrogen-bond acceptors (Lipinski definition) is 6. The topological polar surface area (TPSA) is 109 Å². The van der Waals surface area contributed by atoms with Gasteiger partial charge in [0.05, 0.1) is 0 Å². The summed E-state index contributed by atoms with van der Waals surface area (Å²) in [5.41, 5.74) is 16.7. The van der Waals surface area contributed by atoms with Gasteiger partial charge in [0, 0.05) is 25.9 Å². The molecule has 234 valence electrons. The highest BCUT2D eigenvalue weighted by Gasteiger charge is 2.30. The second-order valence-corrected chi connectivity index (χ2v) is 10.3. The van der Waals surface area contributed by atoms with Gasteiger partial charge in [-0.15, -0.1) is 0 Å². The summed E-state index contributed by atoms with van der Waals surface area (Å²) < 4.78 is 10.5. The SMILES string of the molecule is CC.CN(NC(=O)OCC1c2ccccc2-c2ccccc21)C(=O)Cl.CNNC(=O)OCC1c2ccccc2-c2ccccc21. The van der Waals surface area contributed by atoms with Crippen LogP contribution in [0.25, 0.3) is 22.3 Å². The highest BCUT2D eigenvalue weighted by atomic mass is 35.5. The van der Waals surface area contributed by atoms with Crippen LogP contribution in [0, 0.1) is 0 Å². The Morgan fingerprint density at radius 2 is 0.978 bits per heavy atom. The van der Waals surface area contributed by atoms with E-state index >= 15 is 0 Å². The van der Waals surface area contributed by atoms with Crippen LogP contribution in [0.3, 0.4) is 0 Å². The first-order valence-electron chi connectivity index (χ1n) is 14.7. The summed E-state index contributed by atoms with van der Waals surface area (Å²) in [5, 5.41) is 0.0685. The largest absolute Gasteiger partial charge is 0.448 e. The molecule has 2 aliphatic carbocycles. The lowest BCUT2D eigenvalue weighted by Gasteiger charge is -2.17. The van der Waals surface area contributed by atoms with Gasteiger partial charge in [-0.1, -0.05) is 111 Å². The van der Waals surface area contributed by atoms with Gasteiger partial charge >= 0.3 is 17.6 Å². The van der Waals surface area contributed by atoms with E-state index in [1.54, 1.807) is 7.05 Å². The Hall–Kier alpha value is -4.86. The molecule has 9 nitrogen and oxygen atoms in total. The normalized spacial score (nSPS) is 12.0. The second-order valence-electron chi connectivity index (χ2n) is 9.95. The van der Waals surface area contributed by atoms with Gasteiger partial charge in [0.1, 0.15) is 13.2 Å². The molecule has 4 aromatic carbocycles. The van der Waals surface area contributed by atoms with Gasteiger partial charge in [-0.25, -0.2) is 25.4 Å². The third-order valence-electron chi connectivity index (χ3n) is 7.44. The summed E-state index contributed by atoms with van der Waals surface area (Å²) in [6.45, 7) is 4.52. The van der Waals surface area contributed by atoms with Crippen LogP contribution >= 0.6 is 11.6 Å². The average Bonchev–Trinajstić information content (AvgIpc) is 3.56. The molecule has 3 amide bonds. The summed E-state index contributed by atoms with van der Waals surface area (Å²) in [5.74, 6) is 0.0789. The molecule has 0 bridgehead atoms. The summed E-state index contributed by atoms with van der Waals surface area (Å²) in [6.07, 6.45) is -1.18. The fourth-order valence-electron chi connectivity index (χ4n) is 5.55. The van der Waals surface area contributed by atoms with E-state index in [4.69, 9.17) is 21.1 Å². The minimum Gasteiger partial charge on any atom is -0.448 e. The monoisotopic (exact) mass is 628 g/mol. The summed E-state index contributed by atoms with van der Waals surface area (Å²) in [6, 6.07) is 32.7. The predicted octanol–water partition coefficient (Wildman–Crippen LogP) is 7.42. The number of hydrazine groups is 2. The molecule has 0 fully saturated rings. The van der Waals surface area contributed by atoms with Gasteiger partial charge in [0.25, 0.3) is 0 Å². The van der Waals surface area contributed by atoms with Crippen molar-refractivity contribution in [1.82, 2.24) is 21.3 Å². The van der Waals surface area contributed by atoms with Crippen molar-refractivity contribution in [3.63, 3.8) is 0 Å². The maximum absolute atomic E-state index is 11.8. The lowest BCUT2D eigenvalue weighted by molar-refractivity contribution is 0.121. The number of benzene rings is 4. The van der Waals surface area contributed by atoms with Crippen LogP contribution in [-0.4, -0.2) is 49.9 Å². The molecule has 0 aliphatic heterocycles. The Kier molecular flexibility index (Phi) is 11.6. The van der Waals surface area contributed by atoms with E-state index in [0.29, 0.717) is 6.61 Å². The van der Waals surface area contributed by atoms with Crippen LogP contribution in [0.15, 0.2) is 97.1 Å². The smallest absolute Gasteiger partial charge is 0.426 e. The van der Waals surface area contributed by atoms with Crippen LogP contribution in [-0.2, 0) is 9.47 Å². The third-order valence-corrected chi connectivity index (χ3v) is 7.69. The summed E-state index contributed by atoms with van der Waals surface area (Å²) in [7, 11) is 2.97. The number of amides is 3. The molecule has 0 heterocycles. The van der Waals surface area contributed by atoms with E-state index in [-0.39, 0.29) is 18.4 Å². The molecule has 0 radical (unpaired) electrons. The molecule has 0 aromatic heterocycles. The minimum absolute atomic E-state index is 0.0230. The van der Waals surface area contributed by atoms with Crippen LogP contribution in [0.4, 0.5) is 14.4 Å². The highest BCUT2D eigenvalue weighted by Crippen LogP contribution is 2.45. The first-order chi connectivity index (χ1) is 21.9. The molecule has 0 atom stereocenters. The van der Waals surface area contributed by atoms with Gasteiger partial charge in [-0.2, -0.15) is 0 Å². The standard InChI is InChI=1S/C17H15ClN2O3.C16H16N2O2.C2H6/c1-20(16(18)21)19-17(22)23-10-15-13-8-4-2-6-11(13)12-7-3-5-9-14(12)15;1-17-18-16(19)20-10-15-13-8-4-2-6-11(13)12-7-3-5-9-14(12)15;1-2/h2-9,15H,10H2,1H3,(H,19,22);2-9,15,17H,10H2,1H3,(H,18,19);1-2H3. The van der Waals surface area contributed by atoms with E-state index in [1.165, 1.54) is 29.3 Å². The number of fused-ring (bicyclic) bond motifs is 6. The quantitative estimate of drug-likeness (QED) is 0.121. The van der Waals surface area contributed by atoms with E-state index in [2.05, 4.69) is 52.7 Å². The van der Waals surface area contributed by atoms with E-state index in [9.17, 15) is 14.4 Å². The zero-order valence-electron chi connectivity index (χ0n) is 25.7. The molecule has 3 N–H and O–H groups in total. The maximum atomic E-state index is 11.8. The zero-order chi connectivity index (χ0) is 32.3. The number of nitrogens with zero attached hydrogens (tertiary/aromatic N) is 1. The van der Waals surface area contributed by atoms with Crippen molar-refractivity contribution in [2.45, 2.75) is 25.7 Å². The van der Waals surface area contributed by atoms with Crippen molar-refractivity contribution in [1.29, 1.82) is 0 Å². The molecule has 6 rings (SSSR count). The van der Waals surface area contributed by atoms with Gasteiger partial charge in [0.2, 0.25) is 0 Å². The van der Waals surface area contributed by atoms with Crippen molar-refractivity contribution >= 4 is 29.2 Å². The molecule has 4 aromatic rings. The zero-order valence-corrected chi connectivity index (χ0v) is 26.4. The number of halogens is 1. The highest BCUT2D eigenvalue weighted by molar-refractivity contribution is 6.62. The fraction of sp³-hybridized carbons (Fsp3) is 0.229. The second kappa shape index (κ2) is 15.7. The Morgan fingerprint density at radius 3 is 1.31 bits per heavy atom. The molecule has 0 saturated heterocycles. The minimum atomic E-state index is -0.793. The maximum Gasteiger partial charge on any atom is 0.426 e. The molecular weight excluding hydrogens is 592 g/mol. The van der Waals surface area contributed by atoms with E-state index in [1.807, 2.05) is 74.5 Å². The van der Waals surface area contributed by atoms with Crippen LogP contribution in [0.5, 0.6) is 0 Å². The van der Waals surface area contributed by atoms with Crippen molar-refractivity contribution < 1.29 is 23.9 Å². The van der Waals surface area contributed by atoms with Crippen molar-refractivity contribution in [2.75, 3.05) is 27.3 Å². The van der Waals surface area contributed by atoms with E-state index in [0.717, 1.165) is 27.3 Å². The molecule has 0 unspecified atom stereocenters. The summed E-state index contributed by atoms with van der Waals surface area (Å²) in [4.78, 5) is 34.1. The predicted molar refractivity (Wildman–Crippen MR) is 176 cm³/mol. The van der Waals surface area contributed by atoms with Crippen molar-refractivity contribution in [3.8, 4) is 22.3 Å². The van der Waals surface area contributed by atoms with Gasteiger partial charge in [0.15, 0.2) is 0 Å². The van der Waals surface area contributed by atoms with E-state index < -0.39 is 17.6 Å². The Balaban J connectivity index is 0.000000196. The Labute approximate surface area is 268 Å². The average molecular weight is 629 g/mol. The number of rotatable bonds is 5. The third kappa shape index (κ3) is 7.63. The molecule has 0 saturated carbocycles. The van der Waals surface area contributed by atoms with Gasteiger partial charge < -0.3 is 9.47 Å². The lowest BCUT2D eigenvalue weighted by Crippen LogP contribution is -2.41. The van der Waals surface area contributed by atoms with Crippen LogP contribution < -0.4 is 16.3 Å². The molecule has 0 spiro atoms. The molecular formula is C35H37ClN4O5. The number of carbonyl (C=O) groups is 3. The molecule has 10 heteroatoms. The number of carbonyl (C=O) groups excluding carboxylic acids is 3. The van der Waals surface area contributed by atoms with Crippen LogP contribution in [0.2, 0.25) is 0 Å². The Morgan fingerprint density at radius 1 is 0.644 bits per heavy atom. The fourth-order valence-corrected chi connectivity index (χ4v) is 5.59. The number of ether oxygens (including phenoxy) is 2. The lowest BCUT2D eigenvalue weighted by atomic mass is 9.98. The summed E-state index contributed by atoms with van der Waals surface area (Å²) >= 11 is 5.25. The van der Waals surface area contributed by atoms with Crippen molar-refractivity contribution in [3.05, 3.63) is 119 Å². The number of hydrogen-bond donors (Lipinski definition) is 3. The first-order valence-corrected chi connectivity index (χ1v) is 15.1. The molecule has 45 heavy (non-hydrogen) atoms. The van der Waals surface area contributed by atoms with Gasteiger partial charge in [-0.05, 0) is 56.1 Å². The number of nitrogens with one attached hydrogen (secondary N) is 3. The van der Waals surface area contributed by atoms with Gasteiger partial charge in [-0.3, -0.25) is 10.2 Å². The first kappa shape index (κ1) is 33.0. The Bertz CT molecular complexity index is 1550. The van der Waals surface area contributed by atoms with Crippen LogP contribution in [0.1, 0.15) is 47.9 Å². The molecule has 2 aliphatic rings.